The van der Waals surface area contributed by atoms with Crippen molar-refractivity contribution in [2.45, 2.75) is 82.8 Å². The Hall–Kier alpha value is -3.09. The number of benzene rings is 2. The lowest BCUT2D eigenvalue weighted by Gasteiger charge is -2.46. The van der Waals surface area contributed by atoms with Crippen LogP contribution in [0.5, 0.6) is 0 Å². The molecule has 1 saturated heterocycles. The number of hydrogen-bond acceptors (Lipinski definition) is 6. The summed E-state index contributed by atoms with van der Waals surface area (Å²) in [6.45, 7) is 12.8. The van der Waals surface area contributed by atoms with Crippen molar-refractivity contribution in [3.05, 3.63) is 69.8 Å². The SMILES string of the molecule is C=Cc1cc(C(=O)NCc2cc(Cl)ccc2S(=O)(=O)CC)cc(C(F)(F)F)c1CN1CCC[C@@](C)(N(C)C(=O)OC(C)(C)C)C1. The number of carbonyl (C=O) groups excluding carboxylic acids is 2. The van der Waals surface area contributed by atoms with Crippen molar-refractivity contribution in [2.24, 2.45) is 0 Å². The molecular weight excluding hydrogens is 631 g/mol. The molecule has 3 rings (SSSR count). The molecule has 2 aromatic rings. The molecule has 248 valence electrons. The van der Waals surface area contributed by atoms with Crippen LogP contribution in [-0.4, -0.2) is 67.2 Å². The van der Waals surface area contributed by atoms with Crippen LogP contribution in [0.2, 0.25) is 5.02 Å². The van der Waals surface area contributed by atoms with Crippen molar-refractivity contribution in [3.63, 3.8) is 0 Å². The van der Waals surface area contributed by atoms with E-state index in [1.165, 1.54) is 42.2 Å². The molecule has 0 aliphatic carbocycles. The van der Waals surface area contributed by atoms with Crippen molar-refractivity contribution >= 4 is 39.5 Å². The van der Waals surface area contributed by atoms with E-state index < -0.39 is 44.7 Å². The van der Waals surface area contributed by atoms with E-state index in [9.17, 15) is 31.2 Å². The van der Waals surface area contributed by atoms with Gasteiger partial charge in [-0.25, -0.2) is 13.2 Å². The van der Waals surface area contributed by atoms with E-state index in [1.807, 2.05) is 11.8 Å². The summed E-state index contributed by atoms with van der Waals surface area (Å²) in [5.74, 6) is -0.998. The van der Waals surface area contributed by atoms with Gasteiger partial charge < -0.3 is 15.0 Å². The summed E-state index contributed by atoms with van der Waals surface area (Å²) in [4.78, 5) is 29.3. The van der Waals surface area contributed by atoms with Crippen molar-refractivity contribution in [1.29, 1.82) is 0 Å². The van der Waals surface area contributed by atoms with Crippen LogP contribution in [0.25, 0.3) is 6.08 Å². The third-order valence-electron chi connectivity index (χ3n) is 7.86. The Morgan fingerprint density at radius 2 is 1.87 bits per heavy atom. The van der Waals surface area contributed by atoms with E-state index in [1.54, 1.807) is 27.8 Å². The molecule has 0 bridgehead atoms. The molecule has 8 nitrogen and oxygen atoms in total. The molecule has 1 atom stereocenters. The van der Waals surface area contributed by atoms with Gasteiger partial charge in [0.25, 0.3) is 5.91 Å². The first-order valence-corrected chi connectivity index (χ1v) is 16.6. The largest absolute Gasteiger partial charge is 0.444 e. The number of ether oxygens (including phenoxy) is 1. The molecule has 1 aliphatic rings. The lowest BCUT2D eigenvalue weighted by Crippen LogP contribution is -2.57. The second-order valence-corrected chi connectivity index (χ2v) is 15.2. The number of rotatable bonds is 9. The van der Waals surface area contributed by atoms with Crippen LogP contribution in [0.3, 0.4) is 0 Å². The molecule has 1 N–H and O–H groups in total. The molecule has 1 aliphatic heterocycles. The van der Waals surface area contributed by atoms with Gasteiger partial charge in [-0.15, -0.1) is 0 Å². The van der Waals surface area contributed by atoms with Crippen LogP contribution in [0.15, 0.2) is 41.8 Å². The Labute approximate surface area is 268 Å². The fourth-order valence-corrected chi connectivity index (χ4v) is 6.68. The fourth-order valence-electron chi connectivity index (χ4n) is 5.37. The minimum atomic E-state index is -4.79. The normalized spacial score (nSPS) is 17.9. The van der Waals surface area contributed by atoms with Crippen molar-refractivity contribution in [3.8, 4) is 0 Å². The molecule has 0 aromatic heterocycles. The van der Waals surface area contributed by atoms with Crippen molar-refractivity contribution in [2.75, 3.05) is 25.9 Å². The van der Waals surface area contributed by atoms with Gasteiger partial charge in [-0.3, -0.25) is 9.69 Å². The van der Waals surface area contributed by atoms with E-state index in [-0.39, 0.29) is 51.0 Å². The van der Waals surface area contributed by atoms with Crippen molar-refractivity contribution < 1.29 is 35.9 Å². The number of nitrogens with one attached hydrogen (secondary N) is 1. The van der Waals surface area contributed by atoms with Gasteiger partial charge in [0.05, 0.1) is 21.8 Å². The lowest BCUT2D eigenvalue weighted by atomic mass is 9.88. The molecule has 1 heterocycles. The van der Waals surface area contributed by atoms with Crippen LogP contribution in [0, 0.1) is 0 Å². The zero-order valence-corrected chi connectivity index (χ0v) is 28.0. The average molecular weight is 672 g/mol. The number of alkyl halides is 3. The van der Waals surface area contributed by atoms with Crippen LogP contribution < -0.4 is 5.32 Å². The molecule has 45 heavy (non-hydrogen) atoms. The summed E-state index contributed by atoms with van der Waals surface area (Å²) in [7, 11) is -2.02. The molecule has 13 heteroatoms. The zero-order valence-electron chi connectivity index (χ0n) is 26.5. The van der Waals surface area contributed by atoms with Gasteiger partial charge in [0.15, 0.2) is 9.84 Å². The Bertz CT molecular complexity index is 1560. The Balaban J connectivity index is 1.90. The molecule has 0 saturated carbocycles. The van der Waals surface area contributed by atoms with Gasteiger partial charge in [-0.2, -0.15) is 13.2 Å². The second-order valence-electron chi connectivity index (χ2n) is 12.5. The predicted molar refractivity (Wildman–Crippen MR) is 169 cm³/mol. The fraction of sp³-hybridized carbons (Fsp3) is 0.500. The quantitative estimate of drug-likeness (QED) is 0.310. The van der Waals surface area contributed by atoms with Gasteiger partial charge in [-0.05, 0) is 94.1 Å². The molecule has 2 aromatic carbocycles. The van der Waals surface area contributed by atoms with E-state index in [4.69, 9.17) is 16.3 Å². The number of piperidine rings is 1. The molecule has 0 unspecified atom stereocenters. The maximum atomic E-state index is 14.5. The molecule has 0 radical (unpaired) electrons. The number of hydrogen-bond donors (Lipinski definition) is 1. The Morgan fingerprint density at radius 3 is 2.44 bits per heavy atom. The zero-order chi connectivity index (χ0) is 34.0. The van der Waals surface area contributed by atoms with Crippen LogP contribution in [0.1, 0.15) is 80.1 Å². The summed E-state index contributed by atoms with van der Waals surface area (Å²) in [5, 5.41) is 2.78. The van der Waals surface area contributed by atoms with Gasteiger partial charge >= 0.3 is 12.3 Å². The van der Waals surface area contributed by atoms with Gasteiger partial charge in [0, 0.05) is 37.3 Å². The Kier molecular flexibility index (Phi) is 11.1. The number of halogens is 4. The third kappa shape index (κ3) is 9.01. The summed E-state index contributed by atoms with van der Waals surface area (Å²) < 4.78 is 74.1. The van der Waals surface area contributed by atoms with Crippen LogP contribution in [0.4, 0.5) is 18.0 Å². The summed E-state index contributed by atoms with van der Waals surface area (Å²) in [6, 6.07) is 6.29. The van der Waals surface area contributed by atoms with Crippen molar-refractivity contribution in [1.82, 2.24) is 15.1 Å². The molecule has 0 spiro atoms. The first-order chi connectivity index (χ1) is 20.7. The minimum Gasteiger partial charge on any atom is -0.444 e. The highest BCUT2D eigenvalue weighted by Gasteiger charge is 2.41. The van der Waals surface area contributed by atoms with E-state index in [0.29, 0.717) is 25.9 Å². The highest BCUT2D eigenvalue weighted by atomic mass is 35.5. The topological polar surface area (TPSA) is 96.0 Å². The second kappa shape index (κ2) is 13.7. The monoisotopic (exact) mass is 671 g/mol. The molecule has 2 amide bonds. The number of amides is 2. The Morgan fingerprint density at radius 1 is 1.20 bits per heavy atom. The average Bonchev–Trinajstić information content (AvgIpc) is 2.93. The summed E-state index contributed by atoms with van der Waals surface area (Å²) >= 11 is 6.05. The number of nitrogens with zero attached hydrogens (tertiary/aromatic N) is 2. The number of sulfone groups is 1. The first-order valence-electron chi connectivity index (χ1n) is 14.6. The maximum absolute atomic E-state index is 14.5. The lowest BCUT2D eigenvalue weighted by molar-refractivity contribution is -0.138. The number of likely N-dealkylation sites (N-methyl/N-ethyl adjacent to an activating group) is 1. The van der Waals surface area contributed by atoms with E-state index >= 15 is 0 Å². The minimum absolute atomic E-state index is 0.0151. The highest BCUT2D eigenvalue weighted by molar-refractivity contribution is 7.91. The number of likely N-dealkylation sites (tertiary alicyclic amines) is 1. The summed E-state index contributed by atoms with van der Waals surface area (Å²) in [6.07, 6.45) is -2.73. The van der Waals surface area contributed by atoms with E-state index in [0.717, 1.165) is 6.07 Å². The highest BCUT2D eigenvalue weighted by Crippen LogP contribution is 2.37. The van der Waals surface area contributed by atoms with Crippen LogP contribution in [-0.2, 0) is 33.8 Å². The number of carbonyl (C=O) groups is 2. The standard InChI is InChI=1S/C32H41ClF3N3O5S/c1-8-21-15-22(28(40)37-18-23-16-24(33)11-12-27(23)45(42,43)9-2)17-26(32(34,35)36)25(21)19-39-14-10-13-31(6,20-39)38(7)29(41)44-30(3,4)5/h8,11-12,15-17H,1,9-10,13-14,18-20H2,2-7H3,(H,37,40)/t31-/m1/s1. The van der Waals surface area contributed by atoms with Crippen LogP contribution >= 0.6 is 11.6 Å². The van der Waals surface area contributed by atoms with Gasteiger partial charge in [-0.1, -0.05) is 31.2 Å². The smallest absolute Gasteiger partial charge is 0.416 e. The first kappa shape index (κ1) is 36.4. The maximum Gasteiger partial charge on any atom is 0.416 e. The molecule has 1 fully saturated rings. The van der Waals surface area contributed by atoms with E-state index in [2.05, 4.69) is 11.9 Å². The summed E-state index contributed by atoms with van der Waals surface area (Å²) in [5.41, 5.74) is -2.29. The van der Waals surface area contributed by atoms with Gasteiger partial charge in [0.2, 0.25) is 0 Å². The third-order valence-corrected chi connectivity index (χ3v) is 9.93. The predicted octanol–water partition coefficient (Wildman–Crippen LogP) is 6.95. The van der Waals surface area contributed by atoms with Gasteiger partial charge in [0.1, 0.15) is 5.60 Å². The molecular formula is C32H41ClF3N3O5S.